The van der Waals surface area contributed by atoms with Crippen molar-refractivity contribution >= 4 is 5.95 Å². The highest BCUT2D eigenvalue weighted by molar-refractivity contribution is 5.24. The van der Waals surface area contributed by atoms with Crippen LogP contribution in [0, 0.1) is 6.92 Å². The van der Waals surface area contributed by atoms with Gasteiger partial charge < -0.3 is 5.32 Å². The molecule has 0 aliphatic rings. The second-order valence-corrected chi connectivity index (χ2v) is 3.30. The molecule has 0 saturated heterocycles. The van der Waals surface area contributed by atoms with Crippen LogP contribution < -0.4 is 10.9 Å². The Labute approximate surface area is 91.8 Å². The highest BCUT2D eigenvalue weighted by Gasteiger charge is 1.99. The van der Waals surface area contributed by atoms with Crippen molar-refractivity contribution in [1.29, 1.82) is 0 Å². The highest BCUT2D eigenvalue weighted by Crippen LogP contribution is 1.99. The van der Waals surface area contributed by atoms with E-state index in [1.54, 1.807) is 19.3 Å². The Morgan fingerprint density at radius 2 is 2.06 bits per heavy atom. The summed E-state index contributed by atoms with van der Waals surface area (Å²) in [7, 11) is 0. The van der Waals surface area contributed by atoms with Crippen LogP contribution in [0.25, 0.3) is 0 Å². The number of H-pyrrole nitrogens is 1. The SMILES string of the molecule is Cc1nnc(NCc2ccncc2)[nH]c1=O. The lowest BCUT2D eigenvalue weighted by Crippen LogP contribution is -2.16. The minimum absolute atomic E-state index is 0.229. The number of pyridine rings is 1. The Kier molecular flexibility index (Phi) is 2.90. The summed E-state index contributed by atoms with van der Waals surface area (Å²) < 4.78 is 0. The van der Waals surface area contributed by atoms with Gasteiger partial charge in [0.2, 0.25) is 5.95 Å². The first-order chi connectivity index (χ1) is 7.75. The second-order valence-electron chi connectivity index (χ2n) is 3.30. The van der Waals surface area contributed by atoms with Crippen LogP contribution in [0.2, 0.25) is 0 Å². The quantitative estimate of drug-likeness (QED) is 0.781. The first-order valence-electron chi connectivity index (χ1n) is 4.82. The van der Waals surface area contributed by atoms with Gasteiger partial charge in [0.1, 0.15) is 5.69 Å². The van der Waals surface area contributed by atoms with Crippen LogP contribution in [0.1, 0.15) is 11.3 Å². The monoisotopic (exact) mass is 217 g/mol. The maximum Gasteiger partial charge on any atom is 0.273 e. The number of nitrogens with one attached hydrogen (secondary N) is 2. The third kappa shape index (κ3) is 2.41. The second kappa shape index (κ2) is 4.52. The molecule has 0 bridgehead atoms. The van der Waals surface area contributed by atoms with Gasteiger partial charge in [-0.15, -0.1) is 10.2 Å². The van der Waals surface area contributed by atoms with Crippen molar-refractivity contribution < 1.29 is 0 Å². The van der Waals surface area contributed by atoms with Crippen LogP contribution in [0.4, 0.5) is 5.95 Å². The van der Waals surface area contributed by atoms with E-state index in [0.717, 1.165) is 5.56 Å². The number of hydrogen-bond acceptors (Lipinski definition) is 5. The van der Waals surface area contributed by atoms with E-state index in [-0.39, 0.29) is 5.56 Å². The maximum absolute atomic E-state index is 11.2. The Balaban J connectivity index is 2.05. The van der Waals surface area contributed by atoms with E-state index in [9.17, 15) is 4.79 Å². The van der Waals surface area contributed by atoms with Crippen molar-refractivity contribution in [3.63, 3.8) is 0 Å². The lowest BCUT2D eigenvalue weighted by atomic mass is 10.3. The van der Waals surface area contributed by atoms with Gasteiger partial charge in [-0.25, -0.2) is 0 Å². The molecule has 0 aromatic carbocycles. The minimum Gasteiger partial charge on any atom is -0.350 e. The molecule has 0 fully saturated rings. The molecule has 0 amide bonds. The molecule has 16 heavy (non-hydrogen) atoms. The van der Waals surface area contributed by atoms with Crippen molar-refractivity contribution in [3.8, 4) is 0 Å². The topological polar surface area (TPSA) is 83.6 Å². The summed E-state index contributed by atoms with van der Waals surface area (Å²) in [5.41, 5.74) is 1.18. The highest BCUT2D eigenvalue weighted by atomic mass is 16.1. The summed E-state index contributed by atoms with van der Waals surface area (Å²) in [6, 6.07) is 3.76. The van der Waals surface area contributed by atoms with E-state index in [1.807, 2.05) is 12.1 Å². The molecule has 2 N–H and O–H groups in total. The van der Waals surface area contributed by atoms with Gasteiger partial charge in [-0.1, -0.05) is 0 Å². The maximum atomic E-state index is 11.2. The fraction of sp³-hybridized carbons (Fsp3) is 0.200. The number of nitrogens with zero attached hydrogens (tertiary/aromatic N) is 3. The van der Waals surface area contributed by atoms with Gasteiger partial charge >= 0.3 is 0 Å². The lowest BCUT2D eigenvalue weighted by Gasteiger charge is -2.03. The van der Waals surface area contributed by atoms with Crippen LogP contribution in [-0.4, -0.2) is 20.2 Å². The zero-order valence-electron chi connectivity index (χ0n) is 8.77. The molecule has 0 radical (unpaired) electrons. The van der Waals surface area contributed by atoms with Crippen LogP contribution in [-0.2, 0) is 6.54 Å². The first-order valence-corrected chi connectivity index (χ1v) is 4.82. The van der Waals surface area contributed by atoms with Gasteiger partial charge in [-0.3, -0.25) is 14.8 Å². The molecule has 0 unspecified atom stereocenters. The van der Waals surface area contributed by atoms with Crippen molar-refractivity contribution in [3.05, 3.63) is 46.1 Å². The average molecular weight is 217 g/mol. The zero-order chi connectivity index (χ0) is 11.4. The molecule has 2 aromatic heterocycles. The van der Waals surface area contributed by atoms with Crippen molar-refractivity contribution in [1.82, 2.24) is 20.2 Å². The van der Waals surface area contributed by atoms with Gasteiger partial charge in [0.05, 0.1) is 0 Å². The molecule has 0 aliphatic carbocycles. The average Bonchev–Trinajstić information content (AvgIpc) is 2.32. The summed E-state index contributed by atoms with van der Waals surface area (Å²) in [5, 5.41) is 10.5. The number of aromatic amines is 1. The van der Waals surface area contributed by atoms with Crippen molar-refractivity contribution in [2.45, 2.75) is 13.5 Å². The zero-order valence-corrected chi connectivity index (χ0v) is 8.77. The smallest absolute Gasteiger partial charge is 0.273 e. The summed E-state index contributed by atoms with van der Waals surface area (Å²) >= 11 is 0. The largest absolute Gasteiger partial charge is 0.350 e. The van der Waals surface area contributed by atoms with E-state index >= 15 is 0 Å². The normalized spacial score (nSPS) is 10.1. The third-order valence-electron chi connectivity index (χ3n) is 2.07. The molecule has 0 saturated carbocycles. The first kappa shape index (κ1) is 10.3. The van der Waals surface area contributed by atoms with Gasteiger partial charge in [-0.05, 0) is 24.6 Å². The molecule has 82 valence electrons. The summed E-state index contributed by atoms with van der Waals surface area (Å²) in [6.45, 7) is 2.18. The number of aryl methyl sites for hydroxylation is 1. The molecule has 2 heterocycles. The molecule has 2 rings (SSSR count). The minimum atomic E-state index is -0.229. The molecule has 0 aliphatic heterocycles. The van der Waals surface area contributed by atoms with E-state index in [4.69, 9.17) is 0 Å². The fourth-order valence-corrected chi connectivity index (χ4v) is 1.16. The van der Waals surface area contributed by atoms with E-state index in [2.05, 4.69) is 25.5 Å². The van der Waals surface area contributed by atoms with Crippen LogP contribution >= 0.6 is 0 Å². The Bertz CT molecular complexity index is 522. The van der Waals surface area contributed by atoms with E-state index in [0.29, 0.717) is 18.2 Å². The van der Waals surface area contributed by atoms with E-state index in [1.165, 1.54) is 0 Å². The number of rotatable bonds is 3. The number of aromatic nitrogens is 4. The molecule has 6 heteroatoms. The van der Waals surface area contributed by atoms with Crippen molar-refractivity contribution in [2.24, 2.45) is 0 Å². The standard InChI is InChI=1S/C10H11N5O/c1-7-9(16)13-10(15-14-7)12-6-8-2-4-11-5-3-8/h2-5H,6H2,1H3,(H2,12,13,15,16). The van der Waals surface area contributed by atoms with Gasteiger partial charge in [0, 0.05) is 18.9 Å². The fourth-order valence-electron chi connectivity index (χ4n) is 1.16. The molecule has 2 aromatic rings. The predicted octanol–water partition coefficient (Wildman–Crippen LogP) is 0.480. The van der Waals surface area contributed by atoms with Crippen LogP contribution in [0.15, 0.2) is 29.3 Å². The van der Waals surface area contributed by atoms with Crippen LogP contribution in [0.3, 0.4) is 0 Å². The molecular weight excluding hydrogens is 206 g/mol. The predicted molar refractivity (Wildman–Crippen MR) is 59.0 cm³/mol. The van der Waals surface area contributed by atoms with Crippen molar-refractivity contribution in [2.75, 3.05) is 5.32 Å². The Morgan fingerprint density at radius 1 is 1.31 bits per heavy atom. The summed E-state index contributed by atoms with van der Waals surface area (Å²) in [5.74, 6) is 0.368. The van der Waals surface area contributed by atoms with Gasteiger partial charge in [0.15, 0.2) is 0 Å². The molecule has 0 atom stereocenters. The number of hydrogen-bond donors (Lipinski definition) is 2. The Hall–Kier alpha value is -2.24. The van der Waals surface area contributed by atoms with Gasteiger partial charge in [-0.2, -0.15) is 0 Å². The number of anilines is 1. The molecular formula is C10H11N5O. The Morgan fingerprint density at radius 3 is 2.75 bits per heavy atom. The van der Waals surface area contributed by atoms with Crippen LogP contribution in [0.5, 0.6) is 0 Å². The van der Waals surface area contributed by atoms with E-state index < -0.39 is 0 Å². The lowest BCUT2D eigenvalue weighted by molar-refractivity contribution is 0.887. The third-order valence-corrected chi connectivity index (χ3v) is 2.07. The molecule has 0 spiro atoms. The van der Waals surface area contributed by atoms with Gasteiger partial charge in [0.25, 0.3) is 5.56 Å². The summed E-state index contributed by atoms with van der Waals surface area (Å²) in [4.78, 5) is 17.7. The summed E-state index contributed by atoms with van der Waals surface area (Å²) in [6.07, 6.45) is 3.42. The molecule has 6 nitrogen and oxygen atoms in total.